The zero-order valence-corrected chi connectivity index (χ0v) is 21.1. The molecule has 2 heterocycles. The summed E-state index contributed by atoms with van der Waals surface area (Å²) < 4.78 is 26.5. The molecule has 0 amide bonds. The number of aromatic nitrogens is 2. The van der Waals surface area contributed by atoms with Crippen LogP contribution < -0.4 is 0 Å². The van der Waals surface area contributed by atoms with E-state index in [9.17, 15) is 8.78 Å². The first-order chi connectivity index (χ1) is 19.1. The molecule has 0 saturated carbocycles. The normalized spacial score (nSPS) is 10.9. The second-order valence-corrected chi connectivity index (χ2v) is 9.46. The molecule has 2 aromatic heterocycles. The third-order valence-electron chi connectivity index (χ3n) is 6.74. The van der Waals surface area contributed by atoms with Gasteiger partial charge in [0.05, 0.1) is 11.4 Å². The van der Waals surface area contributed by atoms with Crippen LogP contribution in [-0.2, 0) is 6.42 Å². The van der Waals surface area contributed by atoms with Gasteiger partial charge < -0.3 is 0 Å². The van der Waals surface area contributed by atoms with E-state index in [-0.39, 0.29) is 11.6 Å². The molecule has 0 aliphatic rings. The summed E-state index contributed by atoms with van der Waals surface area (Å²) in [5.74, 6) is -0.497. The Morgan fingerprint density at radius 1 is 0.410 bits per heavy atom. The fourth-order valence-electron chi connectivity index (χ4n) is 4.67. The van der Waals surface area contributed by atoms with Gasteiger partial charge in [0.2, 0.25) is 0 Å². The maximum Gasteiger partial charge on any atom is 0.123 e. The molecule has 4 heteroatoms. The first kappa shape index (κ1) is 24.4. The van der Waals surface area contributed by atoms with Crippen LogP contribution in [0.25, 0.3) is 44.8 Å². The van der Waals surface area contributed by atoms with E-state index >= 15 is 0 Å². The standard InChI is InChI=1S/C35H24F2N2/c36-32-13-7-26(8-14-32)30-11-17-34(38-22-30)28-5-1-3-24(20-28)19-25-4-2-6-29(21-25)35-18-12-31(23-39-35)27-9-15-33(37)16-10-27/h1-18,20-23H,19H2. The van der Waals surface area contributed by atoms with Crippen molar-refractivity contribution >= 4 is 0 Å². The lowest BCUT2D eigenvalue weighted by Crippen LogP contribution is -1.92. The van der Waals surface area contributed by atoms with Crippen molar-refractivity contribution in [2.45, 2.75) is 6.42 Å². The highest BCUT2D eigenvalue weighted by molar-refractivity contribution is 5.68. The Morgan fingerprint density at radius 2 is 0.821 bits per heavy atom. The Labute approximate surface area is 226 Å². The Kier molecular flexibility index (Phi) is 6.75. The summed E-state index contributed by atoms with van der Waals surface area (Å²) in [6.07, 6.45) is 4.43. The second-order valence-electron chi connectivity index (χ2n) is 9.46. The van der Waals surface area contributed by atoms with Gasteiger partial charge in [-0.15, -0.1) is 0 Å². The maximum atomic E-state index is 13.2. The van der Waals surface area contributed by atoms with Crippen LogP contribution in [0.4, 0.5) is 8.78 Å². The molecule has 6 aromatic rings. The monoisotopic (exact) mass is 510 g/mol. The van der Waals surface area contributed by atoms with Gasteiger partial charge in [-0.3, -0.25) is 9.97 Å². The highest BCUT2D eigenvalue weighted by Gasteiger charge is 2.07. The first-order valence-electron chi connectivity index (χ1n) is 12.7. The van der Waals surface area contributed by atoms with Crippen molar-refractivity contribution in [1.82, 2.24) is 9.97 Å². The first-order valence-corrected chi connectivity index (χ1v) is 12.7. The molecule has 0 N–H and O–H groups in total. The summed E-state index contributed by atoms with van der Waals surface area (Å²) in [7, 11) is 0. The molecule has 4 aromatic carbocycles. The number of rotatable bonds is 6. The number of halogens is 2. The Hall–Kier alpha value is -4.96. The lowest BCUT2D eigenvalue weighted by atomic mass is 9.98. The second kappa shape index (κ2) is 10.8. The number of pyridine rings is 2. The topological polar surface area (TPSA) is 25.8 Å². The summed E-state index contributed by atoms with van der Waals surface area (Å²) in [4.78, 5) is 9.32. The van der Waals surface area contributed by atoms with Crippen molar-refractivity contribution in [3.8, 4) is 44.8 Å². The van der Waals surface area contributed by atoms with E-state index in [0.717, 1.165) is 51.2 Å². The quantitative estimate of drug-likeness (QED) is 0.223. The number of benzene rings is 4. The number of nitrogens with zero attached hydrogens (tertiary/aromatic N) is 2. The largest absolute Gasteiger partial charge is 0.256 e. The van der Waals surface area contributed by atoms with Gasteiger partial charge in [0.25, 0.3) is 0 Å². The van der Waals surface area contributed by atoms with Gasteiger partial charge in [-0.2, -0.15) is 0 Å². The van der Waals surface area contributed by atoms with Gasteiger partial charge in [0.1, 0.15) is 11.6 Å². The Morgan fingerprint density at radius 3 is 1.21 bits per heavy atom. The smallest absolute Gasteiger partial charge is 0.123 e. The van der Waals surface area contributed by atoms with Crippen molar-refractivity contribution in [3.05, 3.63) is 156 Å². The summed E-state index contributed by atoms with van der Waals surface area (Å²) in [5.41, 5.74) is 10.0. The summed E-state index contributed by atoms with van der Waals surface area (Å²) >= 11 is 0. The minimum atomic E-state index is -0.248. The molecule has 0 aliphatic heterocycles. The molecule has 2 nitrogen and oxygen atoms in total. The summed E-state index contributed by atoms with van der Waals surface area (Å²) in [5, 5.41) is 0. The third-order valence-corrected chi connectivity index (χ3v) is 6.74. The van der Waals surface area contributed by atoms with E-state index in [2.05, 4.69) is 58.5 Å². The third kappa shape index (κ3) is 5.65. The molecule has 0 spiro atoms. The zero-order valence-electron chi connectivity index (χ0n) is 21.1. The van der Waals surface area contributed by atoms with Crippen molar-refractivity contribution < 1.29 is 8.78 Å². The molecule has 0 aliphatic carbocycles. The molecule has 0 unspecified atom stereocenters. The lowest BCUT2D eigenvalue weighted by Gasteiger charge is -2.09. The van der Waals surface area contributed by atoms with Crippen LogP contribution in [-0.4, -0.2) is 9.97 Å². The number of hydrogen-bond donors (Lipinski definition) is 0. The van der Waals surface area contributed by atoms with Crippen molar-refractivity contribution in [3.63, 3.8) is 0 Å². The van der Waals surface area contributed by atoms with Crippen molar-refractivity contribution in [1.29, 1.82) is 0 Å². The minimum absolute atomic E-state index is 0.248. The maximum absolute atomic E-state index is 13.2. The summed E-state index contributed by atoms with van der Waals surface area (Å²) in [6.45, 7) is 0. The molecule has 0 bridgehead atoms. The lowest BCUT2D eigenvalue weighted by molar-refractivity contribution is 0.627. The minimum Gasteiger partial charge on any atom is -0.256 e. The molecular weight excluding hydrogens is 486 g/mol. The average Bonchev–Trinajstić information content (AvgIpc) is 2.98. The van der Waals surface area contributed by atoms with Crippen molar-refractivity contribution in [2.24, 2.45) is 0 Å². The fourth-order valence-corrected chi connectivity index (χ4v) is 4.67. The Balaban J connectivity index is 1.18. The van der Waals surface area contributed by atoms with E-state index in [1.165, 1.54) is 35.4 Å². The van der Waals surface area contributed by atoms with E-state index in [1.807, 2.05) is 36.7 Å². The van der Waals surface area contributed by atoms with E-state index in [0.29, 0.717) is 0 Å². The van der Waals surface area contributed by atoms with E-state index in [4.69, 9.17) is 0 Å². The average molecular weight is 511 g/mol. The molecular formula is C35H24F2N2. The molecule has 0 radical (unpaired) electrons. The molecule has 0 saturated heterocycles. The SMILES string of the molecule is Fc1ccc(-c2ccc(-c3cccc(Cc4cccc(-c5ccc(-c6ccc(F)cc6)cn5)c4)c3)nc2)cc1. The molecule has 39 heavy (non-hydrogen) atoms. The number of hydrogen-bond acceptors (Lipinski definition) is 2. The highest BCUT2D eigenvalue weighted by Crippen LogP contribution is 2.26. The van der Waals surface area contributed by atoms with Gasteiger partial charge >= 0.3 is 0 Å². The predicted molar refractivity (Wildman–Crippen MR) is 153 cm³/mol. The van der Waals surface area contributed by atoms with Crippen molar-refractivity contribution in [2.75, 3.05) is 0 Å². The predicted octanol–water partition coefficient (Wildman–Crippen LogP) is 9.01. The van der Waals surface area contributed by atoms with E-state index < -0.39 is 0 Å². The zero-order chi connectivity index (χ0) is 26.6. The van der Waals surface area contributed by atoms with Crippen LogP contribution in [0.3, 0.4) is 0 Å². The highest BCUT2D eigenvalue weighted by atomic mass is 19.1. The van der Waals surface area contributed by atoms with Crippen LogP contribution in [0.15, 0.2) is 134 Å². The van der Waals surface area contributed by atoms with Crippen LogP contribution in [0.2, 0.25) is 0 Å². The molecule has 0 atom stereocenters. The van der Waals surface area contributed by atoms with Gasteiger partial charge in [-0.05, 0) is 77.2 Å². The van der Waals surface area contributed by atoms with Gasteiger partial charge in [-0.25, -0.2) is 8.78 Å². The van der Waals surface area contributed by atoms with Crippen LogP contribution >= 0.6 is 0 Å². The van der Waals surface area contributed by atoms with Crippen LogP contribution in [0.1, 0.15) is 11.1 Å². The fraction of sp³-hybridized carbons (Fsp3) is 0.0286. The van der Waals surface area contributed by atoms with Crippen LogP contribution in [0.5, 0.6) is 0 Å². The molecule has 0 fully saturated rings. The van der Waals surface area contributed by atoms with E-state index in [1.54, 1.807) is 24.3 Å². The van der Waals surface area contributed by atoms with Gasteiger partial charge in [0.15, 0.2) is 0 Å². The van der Waals surface area contributed by atoms with Gasteiger partial charge in [0, 0.05) is 34.6 Å². The molecule has 6 rings (SSSR count). The summed E-state index contributed by atoms with van der Waals surface area (Å²) in [6, 6.07) is 37.7. The molecule has 188 valence electrons. The Bertz CT molecular complexity index is 1580. The van der Waals surface area contributed by atoms with Gasteiger partial charge in [-0.1, -0.05) is 72.8 Å². The van der Waals surface area contributed by atoms with Crippen LogP contribution in [0, 0.1) is 11.6 Å².